The molecule has 0 unspecified atom stereocenters. The predicted octanol–water partition coefficient (Wildman–Crippen LogP) is 3.71. The van der Waals surface area contributed by atoms with Crippen molar-refractivity contribution in [2.45, 2.75) is 58.3 Å². The van der Waals surface area contributed by atoms with E-state index < -0.39 is 9.05 Å². The second-order valence-corrected chi connectivity index (χ2v) is 8.28. The van der Waals surface area contributed by atoms with Crippen molar-refractivity contribution in [3.8, 4) is 0 Å². The molecule has 0 aliphatic heterocycles. The van der Waals surface area contributed by atoms with Crippen molar-refractivity contribution in [2.24, 2.45) is 5.41 Å². The zero-order valence-electron chi connectivity index (χ0n) is 11.3. The summed E-state index contributed by atoms with van der Waals surface area (Å²) in [7, 11) is 2.02. The highest BCUT2D eigenvalue weighted by atomic mass is 35.7. The molecule has 0 aromatic rings. The van der Waals surface area contributed by atoms with Gasteiger partial charge in [-0.2, -0.15) is 0 Å². The molecule has 0 amide bonds. The lowest BCUT2D eigenvalue weighted by Gasteiger charge is -2.31. The maximum Gasteiger partial charge on any atom is 0.233 e. The number of rotatable bonds is 7. The van der Waals surface area contributed by atoms with Gasteiger partial charge in [0.1, 0.15) is 0 Å². The Morgan fingerprint density at radius 1 is 1.17 bits per heavy atom. The van der Waals surface area contributed by atoms with Gasteiger partial charge in [-0.25, -0.2) is 8.42 Å². The van der Waals surface area contributed by atoms with Gasteiger partial charge in [-0.05, 0) is 19.3 Å². The van der Waals surface area contributed by atoms with E-state index in [1.54, 1.807) is 0 Å². The van der Waals surface area contributed by atoms with Crippen LogP contribution in [0, 0.1) is 5.41 Å². The largest absolute Gasteiger partial charge is 0.381 e. The van der Waals surface area contributed by atoms with Gasteiger partial charge in [0.15, 0.2) is 0 Å². The topological polar surface area (TPSA) is 43.4 Å². The second-order valence-electron chi connectivity index (χ2n) is 5.50. The molecule has 1 aliphatic carbocycles. The van der Waals surface area contributed by atoms with Crippen LogP contribution in [0.5, 0.6) is 0 Å². The molecule has 0 aromatic heterocycles. The Balaban J connectivity index is 2.60. The first-order valence-electron chi connectivity index (χ1n) is 6.97. The van der Waals surface area contributed by atoms with Crippen LogP contribution in [0.4, 0.5) is 0 Å². The molecule has 0 N–H and O–H groups in total. The third-order valence-electron chi connectivity index (χ3n) is 3.69. The molecule has 1 fully saturated rings. The average Bonchev–Trinajstić information content (AvgIpc) is 2.48. The maximum atomic E-state index is 11.4. The summed E-state index contributed by atoms with van der Waals surface area (Å²) in [5.41, 5.74) is -0.245. The van der Waals surface area contributed by atoms with Gasteiger partial charge in [0.2, 0.25) is 9.05 Å². The second kappa shape index (κ2) is 7.71. The van der Waals surface area contributed by atoms with Crippen molar-refractivity contribution < 1.29 is 13.2 Å². The van der Waals surface area contributed by atoms with Crippen molar-refractivity contribution in [3.63, 3.8) is 0 Å². The van der Waals surface area contributed by atoms with E-state index in [-0.39, 0.29) is 11.2 Å². The zero-order valence-corrected chi connectivity index (χ0v) is 12.9. The van der Waals surface area contributed by atoms with Crippen molar-refractivity contribution in [2.75, 3.05) is 19.0 Å². The third-order valence-corrected chi connectivity index (χ3v) is 4.98. The highest BCUT2D eigenvalue weighted by Crippen LogP contribution is 2.37. The summed E-state index contributed by atoms with van der Waals surface area (Å²) in [5.74, 6) is 0.0632. The SMILES string of the molecule is CCCCOCC1(CS(=O)(=O)Cl)CCCCCC1. The van der Waals surface area contributed by atoms with Gasteiger partial charge in [-0.3, -0.25) is 0 Å². The minimum Gasteiger partial charge on any atom is -0.381 e. The Bertz CT molecular complexity index is 319. The predicted molar refractivity (Wildman–Crippen MR) is 75.5 cm³/mol. The molecule has 0 saturated heterocycles. The van der Waals surface area contributed by atoms with Gasteiger partial charge in [0.05, 0.1) is 12.4 Å². The van der Waals surface area contributed by atoms with Crippen molar-refractivity contribution in [3.05, 3.63) is 0 Å². The summed E-state index contributed by atoms with van der Waals surface area (Å²) in [6.45, 7) is 3.38. The molecule has 0 bridgehead atoms. The first-order chi connectivity index (χ1) is 8.47. The Kier molecular flexibility index (Phi) is 6.96. The smallest absolute Gasteiger partial charge is 0.233 e. The fraction of sp³-hybridized carbons (Fsp3) is 1.00. The van der Waals surface area contributed by atoms with Crippen molar-refractivity contribution >= 4 is 19.7 Å². The van der Waals surface area contributed by atoms with Crippen LogP contribution in [-0.4, -0.2) is 27.4 Å². The molecule has 0 heterocycles. The van der Waals surface area contributed by atoms with Gasteiger partial charge >= 0.3 is 0 Å². The van der Waals surface area contributed by atoms with Gasteiger partial charge in [0.25, 0.3) is 0 Å². The quantitative estimate of drug-likeness (QED) is 0.408. The molecule has 1 saturated carbocycles. The van der Waals surface area contributed by atoms with Crippen LogP contribution in [0.25, 0.3) is 0 Å². The van der Waals surface area contributed by atoms with E-state index >= 15 is 0 Å². The summed E-state index contributed by atoms with van der Waals surface area (Å²) in [5, 5.41) is 0. The maximum absolute atomic E-state index is 11.4. The molecular weight excluding hydrogens is 272 g/mol. The third kappa shape index (κ3) is 6.39. The van der Waals surface area contributed by atoms with E-state index in [1.165, 1.54) is 12.8 Å². The van der Waals surface area contributed by atoms with Gasteiger partial charge in [0, 0.05) is 22.7 Å². The minimum atomic E-state index is -3.45. The summed E-state index contributed by atoms with van der Waals surface area (Å²) in [6.07, 6.45) is 8.53. The molecule has 0 spiro atoms. The lowest BCUT2D eigenvalue weighted by Crippen LogP contribution is -2.33. The van der Waals surface area contributed by atoms with Crippen LogP contribution >= 0.6 is 10.7 Å². The molecular formula is C13H25ClO3S. The molecule has 1 aliphatic rings. The monoisotopic (exact) mass is 296 g/mol. The molecule has 5 heteroatoms. The summed E-state index contributed by atoms with van der Waals surface area (Å²) in [4.78, 5) is 0. The Morgan fingerprint density at radius 3 is 2.28 bits per heavy atom. The molecule has 0 radical (unpaired) electrons. The lowest BCUT2D eigenvalue weighted by molar-refractivity contribution is 0.0447. The first kappa shape index (κ1) is 16.3. The van der Waals surface area contributed by atoms with Crippen LogP contribution in [0.15, 0.2) is 0 Å². The normalized spacial score (nSPS) is 20.6. The number of ether oxygens (including phenoxy) is 1. The van der Waals surface area contributed by atoms with E-state index in [9.17, 15) is 8.42 Å². The van der Waals surface area contributed by atoms with Gasteiger partial charge in [-0.1, -0.05) is 39.0 Å². The molecule has 18 heavy (non-hydrogen) atoms. The fourth-order valence-electron chi connectivity index (χ4n) is 2.71. The highest BCUT2D eigenvalue weighted by Gasteiger charge is 2.35. The van der Waals surface area contributed by atoms with Crippen LogP contribution in [0.1, 0.15) is 58.3 Å². The number of hydrogen-bond acceptors (Lipinski definition) is 3. The van der Waals surface area contributed by atoms with Crippen LogP contribution in [0.3, 0.4) is 0 Å². The summed E-state index contributed by atoms with van der Waals surface area (Å²) < 4.78 is 28.5. The standard InChI is InChI=1S/C13H25ClO3S/c1-2-3-10-17-11-13(12-18(14,15)16)8-6-4-5-7-9-13/h2-12H2,1H3. The molecule has 108 valence electrons. The van der Waals surface area contributed by atoms with Crippen LogP contribution in [0.2, 0.25) is 0 Å². The number of hydrogen-bond donors (Lipinski definition) is 0. The Morgan fingerprint density at radius 2 is 1.78 bits per heavy atom. The molecule has 0 aromatic carbocycles. The zero-order chi connectivity index (χ0) is 13.5. The van der Waals surface area contributed by atoms with Crippen LogP contribution in [-0.2, 0) is 13.8 Å². The summed E-state index contributed by atoms with van der Waals surface area (Å²) in [6, 6.07) is 0. The number of halogens is 1. The first-order valence-corrected chi connectivity index (χ1v) is 9.45. The minimum absolute atomic E-state index is 0.0632. The highest BCUT2D eigenvalue weighted by molar-refractivity contribution is 8.13. The molecule has 1 rings (SSSR count). The van der Waals surface area contributed by atoms with E-state index in [0.29, 0.717) is 6.61 Å². The van der Waals surface area contributed by atoms with Crippen LogP contribution < -0.4 is 0 Å². The fourth-order valence-corrected chi connectivity index (χ4v) is 4.51. The summed E-state index contributed by atoms with van der Waals surface area (Å²) >= 11 is 0. The van der Waals surface area contributed by atoms with Crippen molar-refractivity contribution in [1.29, 1.82) is 0 Å². The molecule has 0 atom stereocenters. The Labute approximate surface area is 116 Å². The van der Waals surface area contributed by atoms with Gasteiger partial charge in [-0.15, -0.1) is 0 Å². The van der Waals surface area contributed by atoms with Crippen molar-refractivity contribution in [1.82, 2.24) is 0 Å². The van der Waals surface area contributed by atoms with E-state index in [1.807, 2.05) is 0 Å². The average molecular weight is 297 g/mol. The number of unbranched alkanes of at least 4 members (excludes halogenated alkanes) is 1. The van der Waals surface area contributed by atoms with E-state index in [2.05, 4.69) is 6.92 Å². The van der Waals surface area contributed by atoms with E-state index in [0.717, 1.165) is 45.1 Å². The lowest BCUT2D eigenvalue weighted by atomic mass is 9.83. The molecule has 3 nitrogen and oxygen atoms in total. The van der Waals surface area contributed by atoms with Gasteiger partial charge < -0.3 is 4.74 Å². The van der Waals surface area contributed by atoms with E-state index in [4.69, 9.17) is 15.4 Å². The Hall–Kier alpha value is 0.200.